The molecule has 1 aromatic heterocycles. The van der Waals surface area contributed by atoms with Gasteiger partial charge in [0.05, 0.1) is 24.9 Å². The van der Waals surface area contributed by atoms with Crippen LogP contribution in [0.1, 0.15) is 35.9 Å². The van der Waals surface area contributed by atoms with Crippen LogP contribution in [0.5, 0.6) is 0 Å². The fourth-order valence-electron chi connectivity index (χ4n) is 2.88. The molecule has 134 valence electrons. The van der Waals surface area contributed by atoms with Gasteiger partial charge in [-0.1, -0.05) is 64.5 Å². The van der Waals surface area contributed by atoms with Gasteiger partial charge in [0.2, 0.25) is 5.91 Å². The Hall–Kier alpha value is -2.37. The number of nitrogens with one attached hydrogen (secondary N) is 2. The summed E-state index contributed by atoms with van der Waals surface area (Å²) in [6.45, 7) is 2.16. The number of furan rings is 1. The molecule has 3 aromatic rings. The van der Waals surface area contributed by atoms with Crippen molar-refractivity contribution in [1.29, 1.82) is 0 Å². The van der Waals surface area contributed by atoms with Crippen LogP contribution in [0.2, 0.25) is 0 Å². The molecule has 0 spiro atoms. The number of hydrogen-bond donors (Lipinski definition) is 2. The van der Waals surface area contributed by atoms with E-state index in [1.165, 1.54) is 0 Å². The van der Waals surface area contributed by atoms with Crippen molar-refractivity contribution in [2.24, 2.45) is 0 Å². The first-order valence-electron chi connectivity index (χ1n) is 8.50. The van der Waals surface area contributed by atoms with Crippen molar-refractivity contribution in [2.45, 2.75) is 19.0 Å². The topological polar surface area (TPSA) is 54.3 Å². The quantitative estimate of drug-likeness (QED) is 0.596. The van der Waals surface area contributed by atoms with Gasteiger partial charge in [-0.2, -0.15) is 0 Å². The lowest BCUT2D eigenvalue weighted by molar-refractivity contribution is -0.121. The molecule has 0 saturated carbocycles. The molecule has 0 unspecified atom stereocenters. The van der Waals surface area contributed by atoms with Crippen molar-refractivity contribution in [3.8, 4) is 0 Å². The Labute approximate surface area is 161 Å². The van der Waals surface area contributed by atoms with Crippen molar-refractivity contribution in [3.63, 3.8) is 0 Å². The summed E-state index contributed by atoms with van der Waals surface area (Å²) in [4.78, 5) is 12.4. The summed E-state index contributed by atoms with van der Waals surface area (Å²) in [6.07, 6.45) is 1.64. The van der Waals surface area contributed by atoms with E-state index >= 15 is 0 Å². The third-order valence-corrected chi connectivity index (χ3v) is 4.90. The average Bonchev–Trinajstić information content (AvgIpc) is 3.17. The summed E-state index contributed by atoms with van der Waals surface area (Å²) >= 11 is 3.53. The second-order valence-corrected chi connectivity index (χ2v) is 6.91. The summed E-state index contributed by atoms with van der Waals surface area (Å²) in [5.41, 5.74) is 2.10. The highest BCUT2D eigenvalue weighted by Crippen LogP contribution is 2.23. The maximum Gasteiger partial charge on any atom is 0.234 e. The second-order valence-electron chi connectivity index (χ2n) is 6.05. The standard InChI is InChI=1S/C21H21BrN2O2/c1-15(17-10-5-6-11-18(17)22)24-20(25)14-23-21(19-12-7-13-26-19)16-8-3-2-4-9-16/h2-13,15,21,23H,14H2,1H3,(H,24,25)/t15-,21-/m1/s1. The zero-order valence-corrected chi connectivity index (χ0v) is 16.1. The third kappa shape index (κ3) is 4.62. The summed E-state index contributed by atoms with van der Waals surface area (Å²) in [6, 6.07) is 21.3. The Morgan fingerprint density at radius 1 is 1.04 bits per heavy atom. The predicted molar refractivity (Wildman–Crippen MR) is 106 cm³/mol. The van der Waals surface area contributed by atoms with E-state index in [2.05, 4.69) is 26.6 Å². The minimum atomic E-state index is -0.171. The molecule has 4 nitrogen and oxygen atoms in total. The van der Waals surface area contributed by atoms with Crippen molar-refractivity contribution in [1.82, 2.24) is 10.6 Å². The zero-order valence-electron chi connectivity index (χ0n) is 14.5. The van der Waals surface area contributed by atoms with E-state index in [4.69, 9.17) is 4.42 Å². The first-order chi connectivity index (χ1) is 12.6. The number of rotatable bonds is 7. The van der Waals surface area contributed by atoms with Crippen molar-refractivity contribution in [3.05, 3.63) is 94.4 Å². The van der Waals surface area contributed by atoms with Crippen molar-refractivity contribution in [2.75, 3.05) is 6.54 Å². The molecule has 0 aliphatic carbocycles. The lowest BCUT2D eigenvalue weighted by atomic mass is 10.0. The van der Waals surface area contributed by atoms with E-state index in [9.17, 15) is 4.79 Å². The van der Waals surface area contributed by atoms with Gasteiger partial charge in [-0.15, -0.1) is 0 Å². The molecule has 3 rings (SSSR count). The molecule has 2 atom stereocenters. The fourth-order valence-corrected chi connectivity index (χ4v) is 3.50. The molecule has 0 saturated heterocycles. The van der Waals surface area contributed by atoms with Crippen LogP contribution in [0.25, 0.3) is 0 Å². The fraction of sp³-hybridized carbons (Fsp3) is 0.190. The molecule has 2 N–H and O–H groups in total. The Bertz CT molecular complexity index is 834. The number of benzene rings is 2. The molecule has 26 heavy (non-hydrogen) atoms. The lowest BCUT2D eigenvalue weighted by Crippen LogP contribution is -2.37. The molecule has 0 radical (unpaired) electrons. The van der Waals surface area contributed by atoms with Gasteiger partial charge in [0.1, 0.15) is 5.76 Å². The van der Waals surface area contributed by atoms with Gasteiger partial charge in [0, 0.05) is 4.47 Å². The second kappa shape index (κ2) is 8.83. The molecule has 0 bridgehead atoms. The van der Waals surface area contributed by atoms with Crippen LogP contribution in [0.4, 0.5) is 0 Å². The van der Waals surface area contributed by atoms with E-state index in [1.807, 2.05) is 73.7 Å². The smallest absolute Gasteiger partial charge is 0.234 e. The van der Waals surface area contributed by atoms with Crippen LogP contribution in [-0.2, 0) is 4.79 Å². The molecule has 0 aliphatic heterocycles. The Kier molecular flexibility index (Phi) is 6.26. The molecule has 5 heteroatoms. The first kappa shape index (κ1) is 18.4. The summed E-state index contributed by atoms with van der Waals surface area (Å²) in [7, 11) is 0. The number of carbonyl (C=O) groups is 1. The Balaban J connectivity index is 1.64. The molecule has 2 aromatic carbocycles. The molecule has 0 aliphatic rings. The first-order valence-corrected chi connectivity index (χ1v) is 9.30. The van der Waals surface area contributed by atoms with Gasteiger partial charge in [-0.3, -0.25) is 10.1 Å². The van der Waals surface area contributed by atoms with Gasteiger partial charge in [0.15, 0.2) is 0 Å². The Morgan fingerprint density at radius 3 is 2.46 bits per heavy atom. The molecule has 0 fully saturated rings. The SMILES string of the molecule is C[C@@H](NC(=O)CN[C@H](c1ccccc1)c1ccco1)c1ccccc1Br. The van der Waals surface area contributed by atoms with E-state index in [0.717, 1.165) is 21.4 Å². The highest BCUT2D eigenvalue weighted by molar-refractivity contribution is 9.10. The minimum absolute atomic E-state index is 0.0688. The highest BCUT2D eigenvalue weighted by atomic mass is 79.9. The van der Waals surface area contributed by atoms with Crippen molar-refractivity contribution >= 4 is 21.8 Å². The number of halogens is 1. The van der Waals surface area contributed by atoms with Gasteiger partial charge in [0.25, 0.3) is 0 Å². The highest BCUT2D eigenvalue weighted by Gasteiger charge is 2.18. The van der Waals surface area contributed by atoms with Crippen LogP contribution < -0.4 is 10.6 Å². The largest absolute Gasteiger partial charge is 0.467 e. The minimum Gasteiger partial charge on any atom is -0.467 e. The third-order valence-electron chi connectivity index (χ3n) is 4.18. The molecular weight excluding hydrogens is 392 g/mol. The predicted octanol–water partition coefficient (Wildman–Crippen LogP) is 4.60. The number of carbonyl (C=O) groups excluding carboxylic acids is 1. The van der Waals surface area contributed by atoms with Gasteiger partial charge >= 0.3 is 0 Å². The van der Waals surface area contributed by atoms with Gasteiger partial charge < -0.3 is 9.73 Å². The molecule has 1 amide bonds. The van der Waals surface area contributed by atoms with Crippen molar-refractivity contribution < 1.29 is 9.21 Å². The van der Waals surface area contributed by atoms with E-state index in [0.29, 0.717) is 0 Å². The van der Waals surface area contributed by atoms with Crippen LogP contribution in [-0.4, -0.2) is 12.5 Å². The van der Waals surface area contributed by atoms with Crippen LogP contribution in [0.15, 0.2) is 81.9 Å². The average molecular weight is 413 g/mol. The van der Waals surface area contributed by atoms with E-state index in [-0.39, 0.29) is 24.5 Å². The normalized spacial score (nSPS) is 13.2. The summed E-state index contributed by atoms with van der Waals surface area (Å²) in [5.74, 6) is 0.712. The van der Waals surface area contributed by atoms with Gasteiger partial charge in [-0.05, 0) is 36.2 Å². The zero-order chi connectivity index (χ0) is 18.4. The number of hydrogen-bond acceptors (Lipinski definition) is 3. The van der Waals surface area contributed by atoms with E-state index in [1.54, 1.807) is 6.26 Å². The lowest BCUT2D eigenvalue weighted by Gasteiger charge is -2.19. The molecule has 1 heterocycles. The van der Waals surface area contributed by atoms with Crippen LogP contribution in [0, 0.1) is 0 Å². The van der Waals surface area contributed by atoms with Crippen LogP contribution >= 0.6 is 15.9 Å². The van der Waals surface area contributed by atoms with E-state index < -0.39 is 0 Å². The molecular formula is C21H21BrN2O2. The summed E-state index contributed by atoms with van der Waals surface area (Å²) in [5, 5.41) is 6.32. The Morgan fingerprint density at radius 2 is 1.77 bits per heavy atom. The number of amides is 1. The maximum atomic E-state index is 12.4. The van der Waals surface area contributed by atoms with Crippen LogP contribution in [0.3, 0.4) is 0 Å². The monoisotopic (exact) mass is 412 g/mol. The summed E-state index contributed by atoms with van der Waals surface area (Å²) < 4.78 is 6.53. The maximum absolute atomic E-state index is 12.4. The van der Waals surface area contributed by atoms with Gasteiger partial charge in [-0.25, -0.2) is 0 Å².